The minimum Gasteiger partial charge on any atom is -0.407 e. The molecule has 0 bridgehead atoms. The molecule has 4 N–H and O–H groups in total. The second-order valence-corrected chi connectivity index (χ2v) is 3.14. The number of carbonyl (C=O) groups excluding carboxylic acids is 1. The second kappa shape index (κ2) is 23.2. The first-order valence-electron chi connectivity index (χ1n) is 6.52. The summed E-state index contributed by atoms with van der Waals surface area (Å²) < 4.78 is 12.7. The Labute approximate surface area is 132 Å². The molecule has 0 unspecified atom stereocenters. The Balaban J connectivity index is 0. The minimum atomic E-state index is -1.09. The summed E-state index contributed by atoms with van der Waals surface area (Å²) >= 11 is 0. The summed E-state index contributed by atoms with van der Waals surface area (Å²) in [6.07, 6.45) is -1.09. The van der Waals surface area contributed by atoms with Crippen LogP contribution in [0, 0.1) is 0 Å². The van der Waals surface area contributed by atoms with Crippen LogP contribution in [0.1, 0.15) is 0 Å². The predicted octanol–water partition coefficient (Wildman–Crippen LogP) is -2.08. The van der Waals surface area contributed by atoms with Crippen molar-refractivity contribution in [3.05, 3.63) is 0 Å². The summed E-state index contributed by atoms with van der Waals surface area (Å²) in [5, 5.41) is 32.4. The zero-order valence-electron chi connectivity index (χ0n) is 12.6. The van der Waals surface area contributed by atoms with Crippen molar-refractivity contribution in [2.45, 2.75) is 0 Å². The fraction of sp³-hybridized carbons (Fsp3) is 0.909. The molecule has 0 fully saturated rings. The van der Waals surface area contributed by atoms with Gasteiger partial charge in [-0.05, 0) is 0 Å². The first-order chi connectivity index (χ1) is 11.2. The van der Waals surface area contributed by atoms with Crippen molar-refractivity contribution in [3.8, 4) is 0 Å². The van der Waals surface area contributed by atoms with Crippen LogP contribution in [-0.4, -0.2) is 93.0 Å². The van der Waals surface area contributed by atoms with Gasteiger partial charge in [0.25, 0.3) is 0 Å². The summed E-state index contributed by atoms with van der Waals surface area (Å²) in [7, 11) is 0. The van der Waals surface area contributed by atoms with E-state index in [0.29, 0.717) is 13.2 Å². The van der Waals surface area contributed by atoms with Gasteiger partial charge in [-0.25, -0.2) is 24.3 Å². The number of rotatable bonds is 14. The van der Waals surface area contributed by atoms with E-state index in [2.05, 4.69) is 29.0 Å². The van der Waals surface area contributed by atoms with Crippen molar-refractivity contribution in [2.75, 3.05) is 66.4 Å². The van der Waals surface area contributed by atoms with Crippen molar-refractivity contribution in [3.63, 3.8) is 0 Å². The molecule has 0 aromatic carbocycles. The molecule has 0 heterocycles. The van der Waals surface area contributed by atoms with Gasteiger partial charge in [-0.15, -0.1) is 0 Å². The van der Waals surface area contributed by atoms with Crippen molar-refractivity contribution in [1.29, 1.82) is 0 Å². The van der Waals surface area contributed by atoms with E-state index in [0.717, 1.165) is 0 Å². The fourth-order valence-corrected chi connectivity index (χ4v) is 0.745. The molecule has 0 spiro atoms. The Morgan fingerprint density at radius 1 is 0.609 bits per heavy atom. The third-order valence-corrected chi connectivity index (χ3v) is 1.50. The number of carbonyl (C=O) groups is 1. The molecule has 0 aliphatic rings. The molecular weight excluding hydrogens is 324 g/mol. The molecule has 23 heavy (non-hydrogen) atoms. The Morgan fingerprint density at radius 2 is 1.00 bits per heavy atom. The molecule has 0 aliphatic heterocycles. The SMILES string of the molecule is O=C(OCO)OCO.OCCOOCCOCCOOCCO. The van der Waals surface area contributed by atoms with Crippen molar-refractivity contribution >= 4 is 6.16 Å². The second-order valence-electron chi connectivity index (χ2n) is 3.14. The maximum absolute atomic E-state index is 9.88. The predicted molar refractivity (Wildman–Crippen MR) is 70.5 cm³/mol. The highest BCUT2D eigenvalue weighted by Gasteiger charge is 1.97. The first kappa shape index (κ1) is 24.2. The van der Waals surface area contributed by atoms with Crippen LogP contribution in [0.2, 0.25) is 0 Å². The number of hydrogen-bond donors (Lipinski definition) is 4. The Hall–Kier alpha value is -1.09. The van der Waals surface area contributed by atoms with Gasteiger partial charge in [0.2, 0.25) is 0 Å². The zero-order valence-corrected chi connectivity index (χ0v) is 12.6. The van der Waals surface area contributed by atoms with E-state index < -0.39 is 19.7 Å². The molecule has 0 saturated heterocycles. The fourth-order valence-electron chi connectivity index (χ4n) is 0.745. The van der Waals surface area contributed by atoms with Gasteiger partial charge in [-0.2, -0.15) is 0 Å². The van der Waals surface area contributed by atoms with E-state index in [1.807, 2.05) is 0 Å². The highest BCUT2D eigenvalue weighted by molar-refractivity contribution is 5.59. The van der Waals surface area contributed by atoms with E-state index in [4.69, 9.17) is 25.2 Å². The summed E-state index contributed by atoms with van der Waals surface area (Å²) in [6, 6.07) is 0. The Bertz CT molecular complexity index is 207. The van der Waals surface area contributed by atoms with Crippen LogP contribution < -0.4 is 0 Å². The van der Waals surface area contributed by atoms with Gasteiger partial charge in [0.05, 0.1) is 26.4 Å². The molecule has 0 aliphatic carbocycles. The lowest BCUT2D eigenvalue weighted by atomic mass is 10.7. The molecule has 0 aromatic rings. The van der Waals surface area contributed by atoms with E-state index >= 15 is 0 Å². The monoisotopic (exact) mass is 348 g/mol. The van der Waals surface area contributed by atoms with Crippen LogP contribution in [-0.2, 0) is 33.8 Å². The normalized spacial score (nSPS) is 9.91. The van der Waals surface area contributed by atoms with E-state index in [1.54, 1.807) is 0 Å². The number of hydrogen-bond acceptors (Lipinski definition) is 12. The molecule has 140 valence electrons. The van der Waals surface area contributed by atoms with Gasteiger partial charge in [-0.3, -0.25) is 0 Å². The topological polar surface area (TPSA) is 163 Å². The lowest BCUT2D eigenvalue weighted by Gasteiger charge is -2.05. The molecule has 0 rings (SSSR count). The molecule has 0 atom stereocenters. The van der Waals surface area contributed by atoms with Crippen LogP contribution in [0.25, 0.3) is 0 Å². The third kappa shape index (κ3) is 26.1. The Kier molecular flexibility index (Phi) is 24.4. The highest BCUT2D eigenvalue weighted by Crippen LogP contribution is 1.83. The van der Waals surface area contributed by atoms with Gasteiger partial charge in [0.1, 0.15) is 26.4 Å². The number of aliphatic hydroxyl groups is 4. The molecule has 0 radical (unpaired) electrons. The molecule has 0 aromatic heterocycles. The standard InChI is InChI=1S/C8H18O7.C3H6O5/c9-1-3-12-14-7-5-11-6-8-15-13-4-2-10;4-1-7-3(6)8-2-5/h9-10H,1-8H2;4-5H,1-2H2. The maximum Gasteiger partial charge on any atom is 0.512 e. The molecular formula is C11H24O12. The largest absolute Gasteiger partial charge is 0.512 e. The van der Waals surface area contributed by atoms with Gasteiger partial charge >= 0.3 is 6.16 Å². The van der Waals surface area contributed by atoms with Crippen molar-refractivity contribution < 1.29 is 59.0 Å². The van der Waals surface area contributed by atoms with Crippen molar-refractivity contribution in [1.82, 2.24) is 0 Å². The van der Waals surface area contributed by atoms with Crippen molar-refractivity contribution in [2.24, 2.45) is 0 Å². The van der Waals surface area contributed by atoms with E-state index in [-0.39, 0.29) is 39.6 Å². The summed E-state index contributed by atoms with van der Waals surface area (Å²) in [5.41, 5.74) is 0. The first-order valence-corrected chi connectivity index (χ1v) is 6.52. The maximum atomic E-state index is 9.88. The lowest BCUT2D eigenvalue weighted by Crippen LogP contribution is -2.11. The van der Waals surface area contributed by atoms with E-state index in [1.165, 1.54) is 0 Å². The van der Waals surface area contributed by atoms with Gasteiger partial charge in [-0.1, -0.05) is 0 Å². The third-order valence-electron chi connectivity index (χ3n) is 1.50. The summed E-state index contributed by atoms with van der Waals surface area (Å²) in [5.74, 6) is 0. The molecule has 0 saturated carbocycles. The quantitative estimate of drug-likeness (QED) is 0.0892. The minimum absolute atomic E-state index is 0.0725. The summed E-state index contributed by atoms with van der Waals surface area (Å²) in [4.78, 5) is 28.2. The van der Waals surface area contributed by atoms with Gasteiger partial charge < -0.3 is 34.6 Å². The molecule has 0 amide bonds. The van der Waals surface area contributed by atoms with Gasteiger partial charge in [0, 0.05) is 0 Å². The zero-order chi connectivity index (χ0) is 17.6. The number of ether oxygens (including phenoxy) is 3. The van der Waals surface area contributed by atoms with Crippen LogP contribution in [0.15, 0.2) is 0 Å². The Morgan fingerprint density at radius 3 is 1.35 bits per heavy atom. The lowest BCUT2D eigenvalue weighted by molar-refractivity contribution is -0.310. The van der Waals surface area contributed by atoms with Crippen LogP contribution in [0.5, 0.6) is 0 Å². The average Bonchev–Trinajstić information content (AvgIpc) is 2.54. The smallest absolute Gasteiger partial charge is 0.407 e. The summed E-state index contributed by atoms with van der Waals surface area (Å²) in [6.45, 7) is 0.000244. The molecule has 12 heteroatoms. The van der Waals surface area contributed by atoms with Crippen LogP contribution in [0.4, 0.5) is 4.79 Å². The highest BCUT2D eigenvalue weighted by atomic mass is 17.2. The van der Waals surface area contributed by atoms with Crippen LogP contribution in [0.3, 0.4) is 0 Å². The van der Waals surface area contributed by atoms with Crippen LogP contribution >= 0.6 is 0 Å². The number of aliphatic hydroxyl groups excluding tert-OH is 4. The van der Waals surface area contributed by atoms with Gasteiger partial charge in [0.15, 0.2) is 13.6 Å². The molecule has 12 nitrogen and oxygen atoms in total. The van der Waals surface area contributed by atoms with E-state index in [9.17, 15) is 4.79 Å². The average molecular weight is 348 g/mol.